The second kappa shape index (κ2) is 5.06. The summed E-state index contributed by atoms with van der Waals surface area (Å²) in [4.78, 5) is 8.42. The Bertz CT molecular complexity index is 674. The summed E-state index contributed by atoms with van der Waals surface area (Å²) >= 11 is 0. The van der Waals surface area contributed by atoms with Crippen molar-refractivity contribution in [3.05, 3.63) is 66.6 Å². The van der Waals surface area contributed by atoms with Gasteiger partial charge in [0, 0.05) is 35.7 Å². The van der Waals surface area contributed by atoms with Crippen LogP contribution in [0.5, 0.6) is 0 Å². The molecule has 1 aromatic carbocycles. The maximum atomic E-state index is 4.37. The standard InChI is InChI=1S/C16H15N3/c1-12(13-6-9-17-10-7-13)19-16-8-11-18-15-5-3-2-4-14(15)16/h2-12H,1H3,(H,18,19)/t12-/m1/s1. The minimum atomic E-state index is 0.230. The van der Waals surface area contributed by atoms with Gasteiger partial charge >= 0.3 is 0 Å². The van der Waals surface area contributed by atoms with E-state index in [2.05, 4.69) is 28.3 Å². The largest absolute Gasteiger partial charge is 0.378 e. The van der Waals surface area contributed by atoms with Crippen LogP contribution in [0.25, 0.3) is 10.9 Å². The monoisotopic (exact) mass is 249 g/mol. The molecular formula is C16H15N3. The third-order valence-corrected chi connectivity index (χ3v) is 3.23. The molecule has 0 saturated carbocycles. The average molecular weight is 249 g/mol. The topological polar surface area (TPSA) is 37.8 Å². The first kappa shape index (κ1) is 11.7. The minimum Gasteiger partial charge on any atom is -0.378 e. The summed E-state index contributed by atoms with van der Waals surface area (Å²) in [6, 6.07) is 14.5. The highest BCUT2D eigenvalue weighted by molar-refractivity contribution is 5.90. The van der Waals surface area contributed by atoms with E-state index >= 15 is 0 Å². The average Bonchev–Trinajstić information content (AvgIpc) is 2.48. The molecule has 0 radical (unpaired) electrons. The Morgan fingerprint density at radius 1 is 0.947 bits per heavy atom. The van der Waals surface area contributed by atoms with Crippen LogP contribution >= 0.6 is 0 Å². The van der Waals surface area contributed by atoms with Gasteiger partial charge in [-0.15, -0.1) is 0 Å². The van der Waals surface area contributed by atoms with Gasteiger partial charge in [-0.3, -0.25) is 9.97 Å². The van der Waals surface area contributed by atoms with E-state index in [0.717, 1.165) is 16.6 Å². The molecule has 1 atom stereocenters. The van der Waals surface area contributed by atoms with E-state index in [1.54, 1.807) is 0 Å². The molecule has 0 fully saturated rings. The summed E-state index contributed by atoms with van der Waals surface area (Å²) in [5, 5.41) is 4.68. The van der Waals surface area contributed by atoms with Crippen molar-refractivity contribution in [2.45, 2.75) is 13.0 Å². The maximum Gasteiger partial charge on any atom is 0.0722 e. The Kier molecular flexibility index (Phi) is 3.11. The Morgan fingerprint density at radius 2 is 1.74 bits per heavy atom. The van der Waals surface area contributed by atoms with Gasteiger partial charge in [-0.25, -0.2) is 0 Å². The van der Waals surface area contributed by atoms with Crippen molar-refractivity contribution < 1.29 is 0 Å². The molecule has 94 valence electrons. The van der Waals surface area contributed by atoms with Gasteiger partial charge in [-0.2, -0.15) is 0 Å². The second-order valence-corrected chi connectivity index (χ2v) is 4.52. The smallest absolute Gasteiger partial charge is 0.0722 e. The van der Waals surface area contributed by atoms with E-state index < -0.39 is 0 Å². The number of nitrogens with one attached hydrogen (secondary N) is 1. The summed E-state index contributed by atoms with van der Waals surface area (Å²) in [7, 11) is 0. The van der Waals surface area contributed by atoms with Gasteiger partial charge < -0.3 is 5.32 Å². The summed E-state index contributed by atoms with van der Waals surface area (Å²) < 4.78 is 0. The van der Waals surface area contributed by atoms with Crippen molar-refractivity contribution in [1.82, 2.24) is 9.97 Å². The molecule has 19 heavy (non-hydrogen) atoms. The van der Waals surface area contributed by atoms with Crippen molar-refractivity contribution in [1.29, 1.82) is 0 Å². The van der Waals surface area contributed by atoms with Crippen molar-refractivity contribution in [2.24, 2.45) is 0 Å². The molecule has 0 bridgehead atoms. The van der Waals surface area contributed by atoms with Crippen LogP contribution in [0.15, 0.2) is 61.1 Å². The van der Waals surface area contributed by atoms with Crippen LogP contribution in [0.3, 0.4) is 0 Å². The molecule has 1 N–H and O–H groups in total. The van der Waals surface area contributed by atoms with Crippen LogP contribution in [0, 0.1) is 0 Å². The van der Waals surface area contributed by atoms with Crippen molar-refractivity contribution >= 4 is 16.6 Å². The van der Waals surface area contributed by atoms with Crippen molar-refractivity contribution in [3.63, 3.8) is 0 Å². The van der Waals surface area contributed by atoms with E-state index in [0.29, 0.717) is 0 Å². The predicted octanol–water partition coefficient (Wildman–Crippen LogP) is 3.80. The Balaban J connectivity index is 1.94. The van der Waals surface area contributed by atoms with E-state index in [9.17, 15) is 0 Å². The molecule has 3 rings (SSSR count). The third kappa shape index (κ3) is 2.40. The van der Waals surface area contributed by atoms with Crippen LogP contribution in [-0.2, 0) is 0 Å². The van der Waals surface area contributed by atoms with Gasteiger partial charge in [-0.05, 0) is 36.8 Å². The fourth-order valence-corrected chi connectivity index (χ4v) is 2.19. The maximum absolute atomic E-state index is 4.37. The van der Waals surface area contributed by atoms with Gasteiger partial charge in [0.25, 0.3) is 0 Å². The van der Waals surface area contributed by atoms with Gasteiger partial charge in [0.1, 0.15) is 0 Å². The second-order valence-electron chi connectivity index (χ2n) is 4.52. The number of hydrogen-bond acceptors (Lipinski definition) is 3. The zero-order valence-corrected chi connectivity index (χ0v) is 10.7. The first-order valence-corrected chi connectivity index (χ1v) is 6.35. The molecule has 0 spiro atoms. The van der Waals surface area contributed by atoms with Gasteiger partial charge in [-0.1, -0.05) is 18.2 Å². The highest BCUT2D eigenvalue weighted by Gasteiger charge is 2.07. The lowest BCUT2D eigenvalue weighted by Crippen LogP contribution is -2.07. The molecule has 0 aliphatic rings. The third-order valence-electron chi connectivity index (χ3n) is 3.23. The fraction of sp³-hybridized carbons (Fsp3) is 0.125. The highest BCUT2D eigenvalue weighted by atomic mass is 14.9. The summed E-state index contributed by atoms with van der Waals surface area (Å²) in [6.45, 7) is 2.14. The first-order valence-electron chi connectivity index (χ1n) is 6.35. The number of aromatic nitrogens is 2. The zero-order chi connectivity index (χ0) is 13.1. The van der Waals surface area contributed by atoms with Crippen molar-refractivity contribution in [3.8, 4) is 0 Å². The molecular weight excluding hydrogens is 234 g/mol. The first-order chi connectivity index (χ1) is 9.34. The van der Waals surface area contributed by atoms with E-state index in [-0.39, 0.29) is 6.04 Å². The Labute approximate surface area is 112 Å². The molecule has 2 aromatic heterocycles. The number of anilines is 1. The van der Waals surface area contributed by atoms with Crippen LogP contribution in [0.4, 0.5) is 5.69 Å². The van der Waals surface area contributed by atoms with Gasteiger partial charge in [0.2, 0.25) is 0 Å². The van der Waals surface area contributed by atoms with Crippen LogP contribution in [-0.4, -0.2) is 9.97 Å². The summed E-state index contributed by atoms with van der Waals surface area (Å²) in [5.41, 5.74) is 3.33. The molecule has 0 aliphatic heterocycles. The van der Waals surface area contributed by atoms with Crippen molar-refractivity contribution in [2.75, 3.05) is 5.32 Å². The number of nitrogens with zero attached hydrogens (tertiary/aromatic N) is 2. The number of rotatable bonds is 3. The quantitative estimate of drug-likeness (QED) is 0.767. The molecule has 0 unspecified atom stereocenters. The zero-order valence-electron chi connectivity index (χ0n) is 10.7. The molecule has 3 nitrogen and oxygen atoms in total. The van der Waals surface area contributed by atoms with Crippen LogP contribution in [0.1, 0.15) is 18.5 Å². The van der Waals surface area contributed by atoms with E-state index in [1.165, 1.54) is 5.56 Å². The normalized spacial score (nSPS) is 12.3. The molecule has 0 aliphatic carbocycles. The lowest BCUT2D eigenvalue weighted by molar-refractivity contribution is 0.882. The van der Waals surface area contributed by atoms with Crippen LogP contribution < -0.4 is 5.32 Å². The van der Waals surface area contributed by atoms with E-state index in [4.69, 9.17) is 0 Å². The lowest BCUT2D eigenvalue weighted by atomic mass is 10.1. The minimum absolute atomic E-state index is 0.230. The Hall–Kier alpha value is -2.42. The fourth-order valence-electron chi connectivity index (χ4n) is 2.19. The molecule has 2 heterocycles. The molecule has 0 amide bonds. The Morgan fingerprint density at radius 3 is 2.58 bits per heavy atom. The van der Waals surface area contributed by atoms with Gasteiger partial charge in [0.15, 0.2) is 0 Å². The number of fused-ring (bicyclic) bond motifs is 1. The van der Waals surface area contributed by atoms with Crippen LogP contribution in [0.2, 0.25) is 0 Å². The highest BCUT2D eigenvalue weighted by Crippen LogP contribution is 2.25. The lowest BCUT2D eigenvalue weighted by Gasteiger charge is -2.16. The molecule has 3 aromatic rings. The summed E-state index contributed by atoms with van der Waals surface area (Å²) in [6.07, 6.45) is 5.47. The molecule has 0 saturated heterocycles. The summed E-state index contributed by atoms with van der Waals surface area (Å²) in [5.74, 6) is 0. The number of pyridine rings is 2. The number of para-hydroxylation sites is 1. The number of benzene rings is 1. The predicted molar refractivity (Wildman–Crippen MR) is 78.0 cm³/mol. The van der Waals surface area contributed by atoms with E-state index in [1.807, 2.05) is 55.0 Å². The van der Waals surface area contributed by atoms with Gasteiger partial charge in [0.05, 0.1) is 5.52 Å². The molecule has 3 heteroatoms. The number of hydrogen-bond donors (Lipinski definition) is 1. The SMILES string of the molecule is C[C@@H](Nc1ccnc2ccccc12)c1ccncc1.